The number of hydrogen-bond acceptors (Lipinski definition) is 2. The SMILES string of the molecule is CC(C)c1ccc(NC(=O)OC(C)(C)C)cc1. The first kappa shape index (κ1) is 13.6. The van der Waals surface area contributed by atoms with Crippen molar-refractivity contribution in [3.05, 3.63) is 29.8 Å². The first-order valence-electron chi connectivity index (χ1n) is 5.88. The van der Waals surface area contributed by atoms with Gasteiger partial charge in [0.2, 0.25) is 0 Å². The van der Waals surface area contributed by atoms with Crippen LogP contribution in [0.25, 0.3) is 0 Å². The second-order valence-corrected chi connectivity index (χ2v) is 5.40. The molecule has 3 nitrogen and oxygen atoms in total. The van der Waals surface area contributed by atoms with Gasteiger partial charge in [-0.15, -0.1) is 0 Å². The molecule has 0 atom stereocenters. The maximum Gasteiger partial charge on any atom is 0.412 e. The second kappa shape index (κ2) is 5.21. The molecule has 17 heavy (non-hydrogen) atoms. The Labute approximate surface area is 103 Å². The van der Waals surface area contributed by atoms with Crippen LogP contribution in [0.15, 0.2) is 24.3 Å². The van der Waals surface area contributed by atoms with E-state index in [1.807, 2.05) is 45.0 Å². The standard InChI is InChI=1S/C14H21NO2/c1-10(2)11-6-8-12(9-7-11)15-13(16)17-14(3,4)5/h6-10H,1-5H3,(H,15,16). The first-order valence-corrected chi connectivity index (χ1v) is 5.88. The first-order chi connectivity index (χ1) is 7.78. The molecule has 0 fully saturated rings. The third-order valence-corrected chi connectivity index (χ3v) is 2.22. The number of amides is 1. The Morgan fingerprint density at radius 3 is 2.12 bits per heavy atom. The van der Waals surface area contributed by atoms with Gasteiger partial charge in [0, 0.05) is 5.69 Å². The molecule has 0 radical (unpaired) electrons. The lowest BCUT2D eigenvalue weighted by atomic mass is 10.0. The Morgan fingerprint density at radius 1 is 1.18 bits per heavy atom. The molecular formula is C14H21NO2. The lowest BCUT2D eigenvalue weighted by molar-refractivity contribution is 0.0636. The zero-order valence-electron chi connectivity index (χ0n) is 11.2. The van der Waals surface area contributed by atoms with E-state index >= 15 is 0 Å². The molecule has 0 unspecified atom stereocenters. The third kappa shape index (κ3) is 4.89. The molecule has 0 bridgehead atoms. The minimum atomic E-state index is -0.470. The minimum Gasteiger partial charge on any atom is -0.444 e. The van der Waals surface area contributed by atoms with Gasteiger partial charge in [-0.25, -0.2) is 4.79 Å². The molecule has 0 saturated heterocycles. The van der Waals surface area contributed by atoms with Gasteiger partial charge in [-0.05, 0) is 44.4 Å². The lowest BCUT2D eigenvalue weighted by Gasteiger charge is -2.19. The van der Waals surface area contributed by atoms with Crippen molar-refractivity contribution in [1.29, 1.82) is 0 Å². The summed E-state index contributed by atoms with van der Waals surface area (Å²) in [6.07, 6.45) is -0.421. The molecule has 0 aliphatic carbocycles. The Morgan fingerprint density at radius 2 is 1.71 bits per heavy atom. The maximum absolute atomic E-state index is 11.5. The van der Waals surface area contributed by atoms with Crippen molar-refractivity contribution >= 4 is 11.8 Å². The van der Waals surface area contributed by atoms with Crippen molar-refractivity contribution in [3.8, 4) is 0 Å². The number of hydrogen-bond donors (Lipinski definition) is 1. The molecule has 0 aliphatic heterocycles. The summed E-state index contributed by atoms with van der Waals surface area (Å²) < 4.78 is 5.17. The van der Waals surface area contributed by atoms with Gasteiger partial charge in [0.1, 0.15) is 5.60 Å². The van der Waals surface area contributed by atoms with E-state index in [1.54, 1.807) is 0 Å². The number of carbonyl (C=O) groups is 1. The Balaban J connectivity index is 2.61. The van der Waals surface area contributed by atoms with E-state index < -0.39 is 11.7 Å². The number of carbonyl (C=O) groups excluding carboxylic acids is 1. The van der Waals surface area contributed by atoms with Crippen LogP contribution in [0.3, 0.4) is 0 Å². The predicted octanol–water partition coefficient (Wildman–Crippen LogP) is 4.16. The van der Waals surface area contributed by atoms with Crippen LogP contribution in [0.4, 0.5) is 10.5 Å². The van der Waals surface area contributed by atoms with Crippen LogP contribution in [0.1, 0.15) is 46.1 Å². The molecule has 1 aromatic rings. The van der Waals surface area contributed by atoms with Crippen LogP contribution in [0.2, 0.25) is 0 Å². The summed E-state index contributed by atoms with van der Waals surface area (Å²) >= 11 is 0. The summed E-state index contributed by atoms with van der Waals surface area (Å²) in [5.41, 5.74) is 1.53. The van der Waals surface area contributed by atoms with Gasteiger partial charge >= 0.3 is 6.09 Å². The highest BCUT2D eigenvalue weighted by Gasteiger charge is 2.16. The van der Waals surface area contributed by atoms with Gasteiger partial charge in [0.25, 0.3) is 0 Å². The molecule has 0 aliphatic rings. The molecule has 1 aromatic carbocycles. The zero-order valence-corrected chi connectivity index (χ0v) is 11.2. The van der Waals surface area contributed by atoms with E-state index in [-0.39, 0.29) is 0 Å². The number of rotatable bonds is 2. The Bertz CT molecular complexity index is 374. The summed E-state index contributed by atoms with van der Waals surface area (Å²) in [7, 11) is 0. The van der Waals surface area contributed by atoms with E-state index in [1.165, 1.54) is 5.56 Å². The molecule has 0 spiro atoms. The molecule has 1 amide bonds. The summed E-state index contributed by atoms with van der Waals surface area (Å²) in [4.78, 5) is 11.5. The van der Waals surface area contributed by atoms with Crippen molar-refractivity contribution in [1.82, 2.24) is 0 Å². The fraction of sp³-hybridized carbons (Fsp3) is 0.500. The molecule has 3 heteroatoms. The molecule has 0 saturated carbocycles. The smallest absolute Gasteiger partial charge is 0.412 e. The second-order valence-electron chi connectivity index (χ2n) is 5.40. The molecule has 1 N–H and O–H groups in total. The topological polar surface area (TPSA) is 38.3 Å². The van der Waals surface area contributed by atoms with Gasteiger partial charge in [0.15, 0.2) is 0 Å². The van der Waals surface area contributed by atoms with Crippen molar-refractivity contribution in [3.63, 3.8) is 0 Å². The quantitative estimate of drug-likeness (QED) is 0.836. The van der Waals surface area contributed by atoms with Crippen LogP contribution in [-0.4, -0.2) is 11.7 Å². The van der Waals surface area contributed by atoms with Crippen LogP contribution in [-0.2, 0) is 4.74 Å². The Hall–Kier alpha value is -1.51. The normalized spacial score (nSPS) is 11.4. The van der Waals surface area contributed by atoms with Crippen molar-refractivity contribution < 1.29 is 9.53 Å². The summed E-state index contributed by atoms with van der Waals surface area (Å²) in [5, 5.41) is 2.70. The summed E-state index contributed by atoms with van der Waals surface area (Å²) in [6, 6.07) is 7.80. The molecular weight excluding hydrogens is 214 g/mol. The van der Waals surface area contributed by atoms with Crippen LogP contribution in [0, 0.1) is 0 Å². The van der Waals surface area contributed by atoms with Gasteiger partial charge in [-0.1, -0.05) is 26.0 Å². The van der Waals surface area contributed by atoms with Crippen LogP contribution >= 0.6 is 0 Å². The molecule has 0 aromatic heterocycles. The minimum absolute atomic E-state index is 0.421. The van der Waals surface area contributed by atoms with Crippen molar-refractivity contribution in [2.75, 3.05) is 5.32 Å². The van der Waals surface area contributed by atoms with Gasteiger partial charge in [-0.2, -0.15) is 0 Å². The fourth-order valence-corrected chi connectivity index (χ4v) is 1.37. The molecule has 94 valence electrons. The largest absolute Gasteiger partial charge is 0.444 e. The number of ether oxygens (including phenoxy) is 1. The average Bonchev–Trinajstić information content (AvgIpc) is 2.15. The van der Waals surface area contributed by atoms with Crippen LogP contribution < -0.4 is 5.32 Å². The van der Waals surface area contributed by atoms with Gasteiger partial charge in [0.05, 0.1) is 0 Å². The monoisotopic (exact) mass is 235 g/mol. The zero-order chi connectivity index (χ0) is 13.1. The highest BCUT2D eigenvalue weighted by Crippen LogP contribution is 2.17. The number of nitrogens with one attached hydrogen (secondary N) is 1. The highest BCUT2D eigenvalue weighted by molar-refractivity contribution is 5.84. The van der Waals surface area contributed by atoms with E-state index in [4.69, 9.17) is 4.74 Å². The Kier molecular flexibility index (Phi) is 4.16. The van der Waals surface area contributed by atoms with Gasteiger partial charge in [-0.3, -0.25) is 5.32 Å². The van der Waals surface area contributed by atoms with E-state index in [0.29, 0.717) is 5.92 Å². The average molecular weight is 235 g/mol. The maximum atomic E-state index is 11.5. The molecule has 0 heterocycles. The number of anilines is 1. The van der Waals surface area contributed by atoms with E-state index in [0.717, 1.165) is 5.69 Å². The lowest BCUT2D eigenvalue weighted by Crippen LogP contribution is -2.27. The third-order valence-electron chi connectivity index (χ3n) is 2.22. The predicted molar refractivity (Wildman–Crippen MR) is 70.4 cm³/mol. The summed E-state index contributed by atoms with van der Waals surface area (Å²) in [5.74, 6) is 0.491. The van der Waals surface area contributed by atoms with Gasteiger partial charge < -0.3 is 4.74 Å². The van der Waals surface area contributed by atoms with Crippen LogP contribution in [0.5, 0.6) is 0 Å². The van der Waals surface area contributed by atoms with Crippen molar-refractivity contribution in [2.45, 2.75) is 46.1 Å². The van der Waals surface area contributed by atoms with E-state index in [2.05, 4.69) is 19.2 Å². The van der Waals surface area contributed by atoms with E-state index in [9.17, 15) is 4.79 Å². The number of benzene rings is 1. The fourth-order valence-electron chi connectivity index (χ4n) is 1.37. The van der Waals surface area contributed by atoms with Crippen molar-refractivity contribution in [2.24, 2.45) is 0 Å². The molecule has 1 rings (SSSR count). The highest BCUT2D eigenvalue weighted by atomic mass is 16.6. The summed E-state index contributed by atoms with van der Waals surface area (Å²) in [6.45, 7) is 9.80.